The number of aromatic nitrogens is 4. The first-order chi connectivity index (χ1) is 12.8. The number of fused-ring (bicyclic) bond motifs is 3. The molecule has 0 spiro atoms. The molecule has 1 aliphatic carbocycles. The van der Waals surface area contributed by atoms with E-state index in [1.807, 2.05) is 41.9 Å². The monoisotopic (exact) mass is 357 g/mol. The Morgan fingerprint density at radius 3 is 2.96 bits per heavy atom. The van der Waals surface area contributed by atoms with Crippen molar-refractivity contribution in [3.63, 3.8) is 0 Å². The summed E-state index contributed by atoms with van der Waals surface area (Å²) in [4.78, 5) is 8.86. The Labute approximate surface area is 153 Å². The first-order valence-corrected chi connectivity index (χ1v) is 9.59. The minimum absolute atomic E-state index is 0.761. The van der Waals surface area contributed by atoms with Crippen LogP contribution in [0.25, 0.3) is 26.6 Å². The molecule has 0 atom stereocenters. The number of nitrogens with one attached hydrogen (secondary N) is 1. The molecule has 1 aromatic carbocycles. The lowest BCUT2D eigenvalue weighted by molar-refractivity contribution is 0.962. The van der Waals surface area contributed by atoms with Crippen LogP contribution in [-0.2, 0) is 0 Å². The van der Waals surface area contributed by atoms with Crippen molar-refractivity contribution in [2.45, 2.75) is 18.8 Å². The fourth-order valence-corrected chi connectivity index (χ4v) is 4.62. The molecule has 6 heteroatoms. The number of pyridine rings is 2. The van der Waals surface area contributed by atoms with Crippen molar-refractivity contribution >= 4 is 49.3 Å². The summed E-state index contributed by atoms with van der Waals surface area (Å²) in [6.07, 6.45) is 7.99. The SMILES string of the molecule is c1cc(Nc2ccn3ncnc3c2)c2cc3scc(C4CC4)c3cc2n1. The Kier molecular flexibility index (Phi) is 2.87. The molecule has 1 N–H and O–H groups in total. The molecule has 0 unspecified atom stereocenters. The van der Waals surface area contributed by atoms with E-state index in [-0.39, 0.29) is 0 Å². The summed E-state index contributed by atoms with van der Waals surface area (Å²) >= 11 is 1.84. The van der Waals surface area contributed by atoms with E-state index in [1.54, 1.807) is 10.8 Å². The lowest BCUT2D eigenvalue weighted by Gasteiger charge is -2.10. The molecule has 0 radical (unpaired) electrons. The molecule has 0 aliphatic heterocycles. The lowest BCUT2D eigenvalue weighted by Crippen LogP contribution is -1.95. The van der Waals surface area contributed by atoms with Gasteiger partial charge in [-0.3, -0.25) is 4.98 Å². The second-order valence-corrected chi connectivity index (χ2v) is 7.70. The largest absolute Gasteiger partial charge is 0.355 e. The van der Waals surface area contributed by atoms with Crippen LogP contribution in [-0.4, -0.2) is 19.6 Å². The number of nitrogens with zero attached hydrogens (tertiary/aromatic N) is 4. The quantitative estimate of drug-likeness (QED) is 0.487. The van der Waals surface area contributed by atoms with Gasteiger partial charge >= 0.3 is 0 Å². The molecule has 1 saturated carbocycles. The Bertz CT molecular complexity index is 1280. The van der Waals surface area contributed by atoms with Gasteiger partial charge in [0.25, 0.3) is 0 Å². The molecule has 5 aromatic rings. The van der Waals surface area contributed by atoms with Gasteiger partial charge in [-0.05, 0) is 59.4 Å². The third kappa shape index (κ3) is 2.19. The van der Waals surface area contributed by atoms with E-state index in [2.05, 4.69) is 37.9 Å². The normalized spacial score (nSPS) is 14.5. The third-order valence-electron chi connectivity index (χ3n) is 5.04. The van der Waals surface area contributed by atoms with E-state index >= 15 is 0 Å². The highest BCUT2D eigenvalue weighted by Crippen LogP contribution is 2.46. The maximum absolute atomic E-state index is 4.61. The molecule has 1 fully saturated rings. The fourth-order valence-electron chi connectivity index (χ4n) is 3.55. The molecule has 0 amide bonds. The van der Waals surface area contributed by atoms with Gasteiger partial charge in [-0.1, -0.05) is 0 Å². The summed E-state index contributed by atoms with van der Waals surface area (Å²) in [5.41, 5.74) is 5.41. The Morgan fingerprint density at radius 2 is 2.04 bits per heavy atom. The summed E-state index contributed by atoms with van der Waals surface area (Å²) in [7, 11) is 0. The zero-order valence-corrected chi connectivity index (χ0v) is 14.7. The number of rotatable bonds is 3. The van der Waals surface area contributed by atoms with E-state index in [0.717, 1.165) is 33.8 Å². The van der Waals surface area contributed by atoms with Crippen LogP contribution in [0.1, 0.15) is 24.3 Å². The van der Waals surface area contributed by atoms with Crippen LogP contribution in [0.2, 0.25) is 0 Å². The van der Waals surface area contributed by atoms with Gasteiger partial charge in [-0.15, -0.1) is 11.3 Å². The zero-order chi connectivity index (χ0) is 17.1. The Hall–Kier alpha value is -2.99. The van der Waals surface area contributed by atoms with Crippen LogP contribution in [0.3, 0.4) is 0 Å². The molecular weight excluding hydrogens is 342 g/mol. The van der Waals surface area contributed by atoms with Gasteiger partial charge in [-0.2, -0.15) is 5.10 Å². The summed E-state index contributed by atoms with van der Waals surface area (Å²) in [6.45, 7) is 0. The predicted molar refractivity (Wildman–Crippen MR) is 105 cm³/mol. The van der Waals surface area contributed by atoms with Gasteiger partial charge in [0.05, 0.1) is 5.52 Å². The van der Waals surface area contributed by atoms with Crippen LogP contribution < -0.4 is 5.32 Å². The van der Waals surface area contributed by atoms with Crippen molar-refractivity contribution in [2.24, 2.45) is 0 Å². The van der Waals surface area contributed by atoms with Crippen molar-refractivity contribution in [2.75, 3.05) is 5.32 Å². The highest BCUT2D eigenvalue weighted by Gasteiger charge is 2.26. The Morgan fingerprint density at radius 1 is 1.08 bits per heavy atom. The average Bonchev–Trinajstić information content (AvgIpc) is 3.25. The maximum Gasteiger partial charge on any atom is 0.157 e. The number of benzene rings is 1. The number of anilines is 2. The van der Waals surface area contributed by atoms with Gasteiger partial charge in [0.2, 0.25) is 0 Å². The molecule has 0 bridgehead atoms. The molecule has 126 valence electrons. The summed E-state index contributed by atoms with van der Waals surface area (Å²) in [6, 6.07) is 10.5. The first-order valence-electron chi connectivity index (χ1n) is 8.71. The van der Waals surface area contributed by atoms with Gasteiger partial charge in [0, 0.05) is 39.9 Å². The molecular formula is C20H15N5S. The highest BCUT2D eigenvalue weighted by molar-refractivity contribution is 7.17. The molecule has 26 heavy (non-hydrogen) atoms. The van der Waals surface area contributed by atoms with E-state index in [0.29, 0.717) is 0 Å². The topological polar surface area (TPSA) is 55.1 Å². The standard InChI is InChI=1S/C20H15N5S/c1-2-12(1)16-10-26-19-9-15-17(3-5-21-18(15)8-14(16)19)24-13-4-6-25-20(7-13)22-11-23-25/h3-12H,1-2H2,(H,21,24). The summed E-state index contributed by atoms with van der Waals surface area (Å²) in [5, 5.41) is 12.5. The van der Waals surface area contributed by atoms with Crippen LogP contribution in [0.4, 0.5) is 11.4 Å². The maximum atomic E-state index is 4.61. The van der Waals surface area contributed by atoms with E-state index < -0.39 is 0 Å². The van der Waals surface area contributed by atoms with Crippen molar-refractivity contribution in [3.8, 4) is 0 Å². The van der Waals surface area contributed by atoms with Gasteiger partial charge in [0.15, 0.2) is 5.65 Å². The summed E-state index contributed by atoms with van der Waals surface area (Å²) in [5.74, 6) is 0.761. The number of hydrogen-bond acceptors (Lipinski definition) is 5. The van der Waals surface area contributed by atoms with Gasteiger partial charge < -0.3 is 5.32 Å². The Balaban J connectivity index is 1.48. The first kappa shape index (κ1) is 14.2. The average molecular weight is 357 g/mol. The lowest BCUT2D eigenvalue weighted by atomic mass is 10.1. The highest BCUT2D eigenvalue weighted by atomic mass is 32.1. The summed E-state index contributed by atoms with van der Waals surface area (Å²) < 4.78 is 3.09. The minimum Gasteiger partial charge on any atom is -0.355 e. The van der Waals surface area contributed by atoms with Crippen molar-refractivity contribution < 1.29 is 0 Å². The third-order valence-corrected chi connectivity index (χ3v) is 6.01. The fraction of sp³-hybridized carbons (Fsp3) is 0.150. The predicted octanol–water partition coefficient (Wildman–Crippen LogP) is 5.11. The van der Waals surface area contributed by atoms with Gasteiger partial charge in [0.1, 0.15) is 6.33 Å². The molecule has 0 saturated heterocycles. The van der Waals surface area contributed by atoms with E-state index in [1.165, 1.54) is 28.5 Å². The minimum atomic E-state index is 0.761. The van der Waals surface area contributed by atoms with Crippen LogP contribution in [0, 0.1) is 0 Å². The van der Waals surface area contributed by atoms with Crippen molar-refractivity contribution in [3.05, 3.63) is 60.0 Å². The van der Waals surface area contributed by atoms with Crippen LogP contribution in [0.5, 0.6) is 0 Å². The molecule has 6 rings (SSSR count). The van der Waals surface area contributed by atoms with Crippen LogP contribution >= 0.6 is 11.3 Å². The smallest absolute Gasteiger partial charge is 0.157 e. The zero-order valence-electron chi connectivity index (χ0n) is 13.9. The van der Waals surface area contributed by atoms with Crippen molar-refractivity contribution in [1.82, 2.24) is 19.6 Å². The second-order valence-electron chi connectivity index (χ2n) is 6.79. The van der Waals surface area contributed by atoms with Crippen molar-refractivity contribution in [1.29, 1.82) is 0 Å². The van der Waals surface area contributed by atoms with E-state index in [4.69, 9.17) is 0 Å². The van der Waals surface area contributed by atoms with E-state index in [9.17, 15) is 0 Å². The molecule has 1 aliphatic rings. The second kappa shape index (κ2) is 5.25. The van der Waals surface area contributed by atoms with Gasteiger partial charge in [-0.25, -0.2) is 9.50 Å². The molecule has 4 aromatic heterocycles. The molecule has 5 nitrogen and oxygen atoms in total. The number of thiophene rings is 1. The number of hydrogen-bond donors (Lipinski definition) is 1. The molecule has 4 heterocycles. The van der Waals surface area contributed by atoms with Crippen LogP contribution in [0.15, 0.2) is 54.4 Å².